The average Bonchev–Trinajstić information content (AvgIpc) is 2.46. The predicted octanol–water partition coefficient (Wildman–Crippen LogP) is 3.42. The molecule has 0 saturated carbocycles. The highest BCUT2D eigenvalue weighted by Gasteiger charge is 2.23. The zero-order chi connectivity index (χ0) is 15.4. The van der Waals surface area contributed by atoms with E-state index in [9.17, 15) is 13.6 Å². The van der Waals surface area contributed by atoms with Crippen molar-refractivity contribution in [2.75, 3.05) is 6.61 Å². The van der Waals surface area contributed by atoms with Gasteiger partial charge in [-0.2, -0.15) is 0 Å². The van der Waals surface area contributed by atoms with Gasteiger partial charge in [-0.15, -0.1) is 0 Å². The summed E-state index contributed by atoms with van der Waals surface area (Å²) < 4.78 is 31.5. The fourth-order valence-corrected chi connectivity index (χ4v) is 1.97. The molecule has 2 aromatic rings. The van der Waals surface area contributed by atoms with Crippen LogP contribution in [0.3, 0.4) is 0 Å². The summed E-state index contributed by atoms with van der Waals surface area (Å²) in [5.41, 5.74) is -0.529. The van der Waals surface area contributed by atoms with Crippen LogP contribution in [0.5, 0.6) is 0 Å². The molecule has 0 bridgehead atoms. The van der Waals surface area contributed by atoms with Crippen LogP contribution in [0.1, 0.15) is 29.4 Å². The number of hydrogen-bond donors (Lipinski definition) is 0. The highest BCUT2D eigenvalue weighted by molar-refractivity contribution is 9.10. The van der Waals surface area contributed by atoms with Crippen LogP contribution in [0, 0.1) is 0 Å². The number of aromatic nitrogens is 3. The summed E-state index contributed by atoms with van der Waals surface area (Å²) in [6.45, 7) is 1.67. The molecule has 0 aliphatic heterocycles. The topological polar surface area (TPSA) is 65.0 Å². The second-order valence-electron chi connectivity index (χ2n) is 3.91. The second kappa shape index (κ2) is 6.66. The monoisotopic (exact) mass is 357 g/mol. The first-order valence-corrected chi connectivity index (χ1v) is 6.75. The Morgan fingerprint density at radius 1 is 1.38 bits per heavy atom. The Labute approximate surface area is 127 Å². The Morgan fingerprint density at radius 2 is 2.14 bits per heavy atom. The summed E-state index contributed by atoms with van der Waals surface area (Å²) in [6, 6.07) is 1.64. The number of hydrogen-bond acceptors (Lipinski definition) is 5. The minimum absolute atomic E-state index is 0.0622. The average molecular weight is 358 g/mol. The number of halogens is 3. The molecule has 0 amide bonds. The van der Waals surface area contributed by atoms with Gasteiger partial charge < -0.3 is 4.74 Å². The van der Waals surface area contributed by atoms with E-state index >= 15 is 0 Å². The molecule has 21 heavy (non-hydrogen) atoms. The largest absolute Gasteiger partial charge is 0.462 e. The van der Waals surface area contributed by atoms with Gasteiger partial charge in [0.25, 0.3) is 6.43 Å². The fraction of sp³-hybridized carbons (Fsp3) is 0.231. The van der Waals surface area contributed by atoms with Crippen LogP contribution in [-0.2, 0) is 4.74 Å². The van der Waals surface area contributed by atoms with Gasteiger partial charge in [-0.3, -0.25) is 4.98 Å². The van der Waals surface area contributed by atoms with Gasteiger partial charge in [-0.25, -0.2) is 23.5 Å². The smallest absolute Gasteiger partial charge is 0.341 e. The highest BCUT2D eigenvalue weighted by Crippen LogP contribution is 2.25. The Kier molecular flexibility index (Phi) is 4.89. The summed E-state index contributed by atoms with van der Waals surface area (Å²) >= 11 is 3.22. The van der Waals surface area contributed by atoms with Gasteiger partial charge in [-0.1, -0.05) is 0 Å². The van der Waals surface area contributed by atoms with Gasteiger partial charge in [-0.05, 0) is 28.9 Å². The molecule has 0 saturated heterocycles. The maximum Gasteiger partial charge on any atom is 0.341 e. The predicted molar refractivity (Wildman–Crippen MR) is 73.9 cm³/mol. The van der Waals surface area contributed by atoms with Crippen molar-refractivity contribution >= 4 is 21.9 Å². The fourth-order valence-electron chi connectivity index (χ4n) is 1.60. The molecule has 110 valence electrons. The van der Waals surface area contributed by atoms with Crippen molar-refractivity contribution in [3.8, 4) is 11.4 Å². The lowest BCUT2D eigenvalue weighted by Gasteiger charge is -2.09. The van der Waals surface area contributed by atoms with Crippen molar-refractivity contribution in [1.29, 1.82) is 0 Å². The summed E-state index contributed by atoms with van der Waals surface area (Å²) in [6.07, 6.45) is 1.12. The lowest BCUT2D eigenvalue weighted by molar-refractivity contribution is 0.0513. The number of carbonyl (C=O) groups is 1. The van der Waals surface area contributed by atoms with Gasteiger partial charge in [0.1, 0.15) is 11.3 Å². The number of rotatable bonds is 4. The summed E-state index contributed by atoms with van der Waals surface area (Å²) in [5.74, 6) is -0.807. The lowest BCUT2D eigenvalue weighted by Crippen LogP contribution is -2.11. The molecule has 0 unspecified atom stereocenters. The molecule has 8 heteroatoms. The third-order valence-electron chi connectivity index (χ3n) is 2.48. The molecule has 0 N–H and O–H groups in total. The molecule has 0 aliphatic carbocycles. The minimum atomic E-state index is -2.91. The zero-order valence-corrected chi connectivity index (χ0v) is 12.5. The van der Waals surface area contributed by atoms with E-state index in [0.29, 0.717) is 10.0 Å². The standard InChI is InChI=1S/C13H10BrF2N3O2/c1-2-21-13(20)9-6-18-12(19-10(9)11(15)16)7-3-8(14)5-17-4-7/h3-6,11H,2H2,1H3. The van der Waals surface area contributed by atoms with Crippen molar-refractivity contribution in [3.63, 3.8) is 0 Å². The molecule has 5 nitrogen and oxygen atoms in total. The number of alkyl halides is 2. The first-order valence-electron chi connectivity index (χ1n) is 5.96. The molecule has 0 aliphatic rings. The number of pyridine rings is 1. The zero-order valence-electron chi connectivity index (χ0n) is 10.9. The molecule has 2 heterocycles. The molecule has 0 radical (unpaired) electrons. The van der Waals surface area contributed by atoms with E-state index in [0.717, 1.165) is 6.20 Å². The van der Waals surface area contributed by atoms with Gasteiger partial charge in [0.05, 0.1) is 6.61 Å². The Bertz CT molecular complexity index is 668. The summed E-state index contributed by atoms with van der Waals surface area (Å²) in [7, 11) is 0. The number of nitrogens with zero attached hydrogens (tertiary/aromatic N) is 3. The van der Waals surface area contributed by atoms with Crippen LogP contribution in [-0.4, -0.2) is 27.5 Å². The number of ether oxygens (including phenoxy) is 1. The van der Waals surface area contributed by atoms with Gasteiger partial charge in [0.2, 0.25) is 0 Å². The number of esters is 1. The van der Waals surface area contributed by atoms with E-state index in [1.165, 1.54) is 6.20 Å². The van der Waals surface area contributed by atoms with Gasteiger partial charge >= 0.3 is 5.97 Å². The molecular formula is C13H10BrF2N3O2. The van der Waals surface area contributed by atoms with Crippen LogP contribution in [0.4, 0.5) is 8.78 Å². The Morgan fingerprint density at radius 3 is 2.76 bits per heavy atom. The third kappa shape index (κ3) is 3.57. The molecule has 2 rings (SSSR count). The Balaban J connectivity index is 2.48. The van der Waals surface area contributed by atoms with E-state index in [2.05, 4.69) is 30.9 Å². The van der Waals surface area contributed by atoms with E-state index in [1.54, 1.807) is 19.2 Å². The first-order chi connectivity index (χ1) is 10.0. The molecule has 0 aromatic carbocycles. The van der Waals surface area contributed by atoms with Gasteiger partial charge in [0, 0.05) is 28.6 Å². The quantitative estimate of drug-likeness (QED) is 0.784. The lowest BCUT2D eigenvalue weighted by atomic mass is 10.2. The van der Waals surface area contributed by atoms with E-state index in [-0.39, 0.29) is 18.0 Å². The van der Waals surface area contributed by atoms with Crippen molar-refractivity contribution in [1.82, 2.24) is 15.0 Å². The third-order valence-corrected chi connectivity index (χ3v) is 2.92. The van der Waals surface area contributed by atoms with Crippen molar-refractivity contribution in [3.05, 3.63) is 40.4 Å². The molecule has 0 atom stereocenters. The van der Waals surface area contributed by atoms with Crippen molar-refractivity contribution < 1.29 is 18.3 Å². The van der Waals surface area contributed by atoms with E-state index in [1.807, 2.05) is 0 Å². The number of carbonyl (C=O) groups excluding carboxylic acids is 1. The maximum atomic E-state index is 13.1. The SMILES string of the molecule is CCOC(=O)c1cnc(-c2cncc(Br)c2)nc1C(F)F. The first kappa shape index (κ1) is 15.4. The van der Waals surface area contributed by atoms with Gasteiger partial charge in [0.15, 0.2) is 5.82 Å². The van der Waals surface area contributed by atoms with Crippen LogP contribution in [0.25, 0.3) is 11.4 Å². The highest BCUT2D eigenvalue weighted by atomic mass is 79.9. The van der Waals surface area contributed by atoms with Crippen LogP contribution < -0.4 is 0 Å². The molecular weight excluding hydrogens is 348 g/mol. The Hall–Kier alpha value is -1.96. The molecule has 0 fully saturated rings. The maximum absolute atomic E-state index is 13.1. The summed E-state index contributed by atoms with van der Waals surface area (Å²) in [4.78, 5) is 23.2. The van der Waals surface area contributed by atoms with E-state index < -0.39 is 18.1 Å². The minimum Gasteiger partial charge on any atom is -0.462 e. The molecule has 2 aromatic heterocycles. The van der Waals surface area contributed by atoms with Crippen LogP contribution >= 0.6 is 15.9 Å². The molecule has 0 spiro atoms. The van der Waals surface area contributed by atoms with Crippen molar-refractivity contribution in [2.24, 2.45) is 0 Å². The second-order valence-corrected chi connectivity index (χ2v) is 4.82. The van der Waals surface area contributed by atoms with Crippen molar-refractivity contribution in [2.45, 2.75) is 13.3 Å². The van der Waals surface area contributed by atoms with Crippen LogP contribution in [0.2, 0.25) is 0 Å². The summed E-state index contributed by atoms with van der Waals surface area (Å²) in [5, 5.41) is 0. The normalized spacial score (nSPS) is 10.7. The van der Waals surface area contributed by atoms with Crippen LogP contribution in [0.15, 0.2) is 29.1 Å². The van der Waals surface area contributed by atoms with E-state index in [4.69, 9.17) is 4.74 Å².